The van der Waals surface area contributed by atoms with Gasteiger partial charge in [0.05, 0.1) is 19.1 Å². The number of anilines is 3. The Labute approximate surface area is 300 Å². The second kappa shape index (κ2) is 17.0. The minimum Gasteiger partial charge on any atom is -0.467 e. The maximum Gasteiger partial charge on any atom is 0.422 e. The van der Waals surface area contributed by atoms with Crippen molar-refractivity contribution in [1.82, 2.24) is 35.8 Å². The van der Waals surface area contributed by atoms with Crippen molar-refractivity contribution in [2.75, 3.05) is 30.9 Å². The van der Waals surface area contributed by atoms with Crippen molar-refractivity contribution in [2.45, 2.75) is 50.9 Å². The molecule has 1 aliphatic carbocycles. The number of amides is 2. The molecule has 2 amide bonds. The summed E-state index contributed by atoms with van der Waals surface area (Å²) in [5.74, 6) is -3.16. The molecule has 19 heteroatoms. The second-order valence-electron chi connectivity index (χ2n) is 11.4. The van der Waals surface area contributed by atoms with E-state index < -0.39 is 53.9 Å². The number of nitrogens with one attached hydrogen (secondary N) is 5. The van der Waals surface area contributed by atoms with Gasteiger partial charge in [-0.3, -0.25) is 19.5 Å². The van der Waals surface area contributed by atoms with E-state index in [0.29, 0.717) is 29.2 Å². The van der Waals surface area contributed by atoms with Crippen molar-refractivity contribution in [3.05, 3.63) is 82.6 Å². The molecule has 2 heterocycles. The predicted molar refractivity (Wildman–Crippen MR) is 182 cm³/mol. The number of carbonyl (C=O) groups is 4. The van der Waals surface area contributed by atoms with Gasteiger partial charge in [-0.05, 0) is 67.3 Å². The second-order valence-corrected chi connectivity index (χ2v) is 11.8. The lowest BCUT2D eigenvalue weighted by Gasteiger charge is -2.19. The number of aromatic nitrogens is 5. The lowest BCUT2D eigenvalue weighted by Crippen LogP contribution is -2.44. The largest absolute Gasteiger partial charge is 0.467 e. The van der Waals surface area contributed by atoms with Crippen LogP contribution in [0.1, 0.15) is 48.3 Å². The number of H-pyrrole nitrogens is 1. The molecule has 1 aliphatic rings. The molecule has 15 nitrogen and oxygen atoms in total. The Hall–Kier alpha value is -5.78. The molecule has 52 heavy (non-hydrogen) atoms. The number of benzene rings is 2. The summed E-state index contributed by atoms with van der Waals surface area (Å²) < 4.78 is 48.4. The van der Waals surface area contributed by atoms with E-state index >= 15 is 0 Å². The van der Waals surface area contributed by atoms with Gasteiger partial charge >= 0.3 is 18.2 Å². The number of nitrogens with zero attached hydrogens (tertiary/aromatic N) is 4. The number of alkyl halides is 3. The molecule has 0 bridgehead atoms. The van der Waals surface area contributed by atoms with Crippen LogP contribution in [0.4, 0.5) is 30.8 Å². The summed E-state index contributed by atoms with van der Waals surface area (Å²) in [6.07, 6.45) is -2.02. The molecule has 1 fully saturated rings. The third-order valence-corrected chi connectivity index (χ3v) is 7.81. The van der Waals surface area contributed by atoms with Crippen LogP contribution in [0.3, 0.4) is 0 Å². The van der Waals surface area contributed by atoms with Gasteiger partial charge in [-0.2, -0.15) is 33.2 Å². The quantitative estimate of drug-likeness (QED) is 0.0807. The Morgan fingerprint density at radius 1 is 0.981 bits per heavy atom. The fourth-order valence-corrected chi connectivity index (χ4v) is 4.93. The first-order chi connectivity index (χ1) is 24.3. The Balaban J connectivity index is 0.00000605. The summed E-state index contributed by atoms with van der Waals surface area (Å²) >= 11 is 6.02. The molecule has 1 saturated carbocycles. The number of aromatic amines is 1. The summed E-state index contributed by atoms with van der Waals surface area (Å²) in [5, 5.41) is 17.9. The molecule has 4 aromatic rings. The van der Waals surface area contributed by atoms with Gasteiger partial charge < -0.3 is 30.7 Å². The zero-order valence-electron chi connectivity index (χ0n) is 26.8. The van der Waals surface area contributed by atoms with E-state index in [4.69, 9.17) is 21.1 Å². The van der Waals surface area contributed by atoms with E-state index in [1.807, 2.05) is 12.1 Å². The molecule has 276 valence electrons. The van der Waals surface area contributed by atoms with Crippen molar-refractivity contribution in [3.8, 4) is 6.01 Å². The molecule has 1 atom stereocenters. The maximum atomic E-state index is 13.0. The predicted octanol–water partition coefficient (Wildman–Crippen LogP) is 4.26. The number of ether oxygens (including phenoxy) is 2. The molecule has 0 unspecified atom stereocenters. The van der Waals surface area contributed by atoms with Crippen molar-refractivity contribution in [2.24, 2.45) is 0 Å². The van der Waals surface area contributed by atoms with Crippen LogP contribution in [0.5, 0.6) is 6.01 Å². The highest BCUT2D eigenvalue weighted by Gasteiger charge is 2.45. The number of Topliss-reactive ketones (excluding diaryl/α,β-unsaturated/α-hetero) is 1. The highest BCUT2D eigenvalue weighted by molar-refractivity contribution is 6.36. The smallest absolute Gasteiger partial charge is 0.422 e. The van der Waals surface area contributed by atoms with Gasteiger partial charge in [0.1, 0.15) is 6.04 Å². The summed E-state index contributed by atoms with van der Waals surface area (Å²) in [6.45, 7) is -1.74. The lowest BCUT2D eigenvalue weighted by molar-refractivity contribution is -0.154. The summed E-state index contributed by atoms with van der Waals surface area (Å²) in [6, 6.07) is 12.8. The van der Waals surface area contributed by atoms with Crippen LogP contribution in [0.2, 0.25) is 5.02 Å². The van der Waals surface area contributed by atoms with Crippen LogP contribution in [0.25, 0.3) is 0 Å². The first kappa shape index (κ1) is 39.0. The summed E-state index contributed by atoms with van der Waals surface area (Å²) in [7, 11) is 1.14. The lowest BCUT2D eigenvalue weighted by atomic mass is 10.1. The van der Waals surface area contributed by atoms with Gasteiger partial charge in [-0.15, -0.1) is 0 Å². The molecular weight excluding hydrogens is 711 g/mol. The SMILES string of the molecule is C.COC(=O)[C@H](CCNC(=O)C(=O)Cc1ccn[nH]1)NC(=O)c1ccc(Nc2nc(NC3(c4ccc(Cl)cc4)CC3)nc(OCC(F)(F)F)n2)cc1. The fourth-order valence-electron chi connectivity index (χ4n) is 4.80. The van der Waals surface area contributed by atoms with Gasteiger partial charge in [0.15, 0.2) is 6.61 Å². The van der Waals surface area contributed by atoms with E-state index in [2.05, 4.69) is 46.4 Å². The molecule has 0 radical (unpaired) electrons. The number of ketones is 1. The number of methoxy groups -OCH3 is 1. The van der Waals surface area contributed by atoms with Gasteiger partial charge in [-0.1, -0.05) is 31.2 Å². The molecular formula is C33H35ClF3N9O6. The number of rotatable bonds is 16. The molecule has 2 aromatic carbocycles. The zero-order chi connectivity index (χ0) is 36.6. The van der Waals surface area contributed by atoms with Crippen LogP contribution in [-0.2, 0) is 31.1 Å². The average molecular weight is 746 g/mol. The standard InChI is InChI=1S/C32H31ClF3N9O6.CH4/c1-50-27(49)23(11-14-37-26(48)24(46)16-22-10-15-38-45-22)40-25(47)18-2-8-21(9-3-18)39-28-41-29(43-30(42-28)51-17-32(34,35)36)44-31(12-13-31)19-4-6-20(33)7-5-19;/h2-10,15,23H,11-14,16-17H2,1H3,(H,37,48)(H,38,45)(H,40,47)(H2,39,41,42,43,44);1H4/t23-;/m0./s1. The average Bonchev–Trinajstić information content (AvgIpc) is 3.69. The molecule has 5 N–H and O–H groups in total. The number of hydrogen-bond acceptors (Lipinski definition) is 12. The Morgan fingerprint density at radius 2 is 1.67 bits per heavy atom. The number of hydrogen-bond donors (Lipinski definition) is 5. The Morgan fingerprint density at radius 3 is 2.29 bits per heavy atom. The minimum absolute atomic E-state index is 0. The summed E-state index contributed by atoms with van der Waals surface area (Å²) in [4.78, 5) is 61.9. The monoisotopic (exact) mass is 745 g/mol. The van der Waals surface area contributed by atoms with E-state index in [9.17, 15) is 32.3 Å². The fraction of sp³-hybridized carbons (Fsp3) is 0.333. The van der Waals surface area contributed by atoms with E-state index in [0.717, 1.165) is 12.7 Å². The third kappa shape index (κ3) is 10.9. The number of esters is 1. The molecule has 0 saturated heterocycles. The number of carbonyl (C=O) groups excluding carboxylic acids is 4. The first-order valence-corrected chi connectivity index (χ1v) is 15.8. The highest BCUT2D eigenvalue weighted by Crippen LogP contribution is 2.48. The van der Waals surface area contributed by atoms with E-state index in [1.54, 1.807) is 18.2 Å². The van der Waals surface area contributed by atoms with Gasteiger partial charge in [0.2, 0.25) is 17.7 Å². The van der Waals surface area contributed by atoms with Crippen LogP contribution < -0.4 is 26.0 Å². The Bertz CT molecular complexity index is 1860. The normalized spacial score (nSPS) is 13.5. The zero-order valence-corrected chi connectivity index (χ0v) is 27.6. The van der Waals surface area contributed by atoms with Gasteiger partial charge in [0.25, 0.3) is 11.8 Å². The van der Waals surface area contributed by atoms with Gasteiger partial charge in [-0.25, -0.2) is 4.79 Å². The van der Waals surface area contributed by atoms with Crippen molar-refractivity contribution in [1.29, 1.82) is 0 Å². The number of halogens is 4. The van der Waals surface area contributed by atoms with Crippen molar-refractivity contribution >= 4 is 52.8 Å². The topological polar surface area (TPSA) is 202 Å². The van der Waals surface area contributed by atoms with E-state index in [1.165, 1.54) is 30.5 Å². The Kier molecular flexibility index (Phi) is 12.7. The molecule has 0 spiro atoms. The molecule has 5 rings (SSSR count). The summed E-state index contributed by atoms with van der Waals surface area (Å²) in [5.41, 5.74) is 1.30. The highest BCUT2D eigenvalue weighted by atomic mass is 35.5. The van der Waals surface area contributed by atoms with Crippen molar-refractivity contribution < 1.29 is 41.8 Å². The van der Waals surface area contributed by atoms with Crippen LogP contribution in [0, 0.1) is 0 Å². The first-order valence-electron chi connectivity index (χ1n) is 15.4. The third-order valence-electron chi connectivity index (χ3n) is 7.55. The van der Waals surface area contributed by atoms with Crippen LogP contribution >= 0.6 is 11.6 Å². The maximum absolute atomic E-state index is 13.0. The van der Waals surface area contributed by atoms with Gasteiger partial charge in [0, 0.05) is 34.7 Å². The van der Waals surface area contributed by atoms with Crippen molar-refractivity contribution in [3.63, 3.8) is 0 Å². The van der Waals surface area contributed by atoms with E-state index in [-0.39, 0.29) is 44.3 Å². The van der Waals surface area contributed by atoms with Crippen LogP contribution in [0.15, 0.2) is 60.8 Å². The molecule has 2 aromatic heterocycles. The van der Waals surface area contributed by atoms with Crippen LogP contribution in [-0.4, -0.2) is 81.2 Å². The minimum atomic E-state index is -4.63. The molecule has 0 aliphatic heterocycles.